The highest BCUT2D eigenvalue weighted by atomic mass is 16.5. The highest BCUT2D eigenvalue weighted by molar-refractivity contribution is 6.35. The minimum Gasteiger partial charge on any atom is -0.463 e. The highest BCUT2D eigenvalue weighted by Crippen LogP contribution is 2.12. The Morgan fingerprint density at radius 2 is 1.80 bits per heavy atom. The first kappa shape index (κ1) is 11.4. The van der Waals surface area contributed by atoms with Gasteiger partial charge in [0.15, 0.2) is 0 Å². The quantitative estimate of drug-likeness (QED) is 0.586. The molecule has 2 N–H and O–H groups in total. The molecule has 0 radical (unpaired) electrons. The molecule has 0 bridgehead atoms. The third-order valence-corrected chi connectivity index (χ3v) is 2.11. The van der Waals surface area contributed by atoms with Crippen LogP contribution in [0.1, 0.15) is 17.2 Å². The van der Waals surface area contributed by atoms with Crippen molar-refractivity contribution in [3.63, 3.8) is 0 Å². The molecule has 1 unspecified atom stereocenters. The predicted molar refractivity (Wildman–Crippen MR) is 55.1 cm³/mol. The van der Waals surface area contributed by atoms with E-state index in [0.717, 1.165) is 12.7 Å². The molecule has 4 heteroatoms. The second-order valence-electron chi connectivity index (χ2n) is 3.24. The van der Waals surface area contributed by atoms with Gasteiger partial charge >= 0.3 is 5.97 Å². The minimum absolute atomic E-state index is 0.607. The van der Waals surface area contributed by atoms with E-state index in [9.17, 15) is 9.59 Å². The Hall–Kier alpha value is -1.68. The first-order chi connectivity index (χ1) is 7.06. The molecule has 0 aliphatic rings. The summed E-state index contributed by atoms with van der Waals surface area (Å²) in [7, 11) is 1.15. The van der Waals surface area contributed by atoms with Crippen LogP contribution < -0.4 is 5.73 Å². The van der Waals surface area contributed by atoms with Crippen LogP contribution >= 0.6 is 0 Å². The third kappa shape index (κ3) is 2.63. The van der Waals surface area contributed by atoms with Gasteiger partial charge in [0.1, 0.15) is 6.04 Å². The van der Waals surface area contributed by atoms with Gasteiger partial charge in [-0.3, -0.25) is 4.79 Å². The van der Waals surface area contributed by atoms with E-state index in [2.05, 4.69) is 4.74 Å². The van der Waals surface area contributed by atoms with Gasteiger partial charge in [-0.1, -0.05) is 29.8 Å². The third-order valence-electron chi connectivity index (χ3n) is 2.11. The number of carbonyl (C=O) groups excluding carboxylic acids is 2. The zero-order chi connectivity index (χ0) is 11.4. The lowest BCUT2D eigenvalue weighted by Crippen LogP contribution is -2.29. The van der Waals surface area contributed by atoms with Crippen molar-refractivity contribution in [2.75, 3.05) is 7.11 Å². The number of hydrogen-bond acceptors (Lipinski definition) is 4. The molecular weight excluding hydrogens is 194 g/mol. The molecule has 0 aromatic heterocycles. The van der Waals surface area contributed by atoms with Gasteiger partial charge in [0.25, 0.3) is 5.78 Å². The molecule has 1 aromatic carbocycles. The first-order valence-corrected chi connectivity index (χ1v) is 4.50. The SMILES string of the molecule is COC(=O)C(=O)C(N)c1ccc(C)cc1. The van der Waals surface area contributed by atoms with Crippen LogP contribution in [0.5, 0.6) is 0 Å². The molecule has 0 fully saturated rings. The van der Waals surface area contributed by atoms with Gasteiger partial charge in [0.05, 0.1) is 7.11 Å². The number of ether oxygens (including phenoxy) is 1. The fraction of sp³-hybridized carbons (Fsp3) is 0.273. The van der Waals surface area contributed by atoms with Crippen LogP contribution in [-0.4, -0.2) is 18.9 Å². The van der Waals surface area contributed by atoms with Gasteiger partial charge in [-0.2, -0.15) is 0 Å². The molecule has 0 heterocycles. The van der Waals surface area contributed by atoms with Crippen LogP contribution in [0.15, 0.2) is 24.3 Å². The Labute approximate surface area is 88.0 Å². The normalized spacial score (nSPS) is 11.9. The Balaban J connectivity index is 2.85. The lowest BCUT2D eigenvalue weighted by molar-refractivity contribution is -0.152. The van der Waals surface area contributed by atoms with E-state index in [4.69, 9.17) is 5.73 Å². The second-order valence-corrected chi connectivity index (χ2v) is 3.24. The Bertz CT molecular complexity index is 370. The fourth-order valence-corrected chi connectivity index (χ4v) is 1.15. The largest absolute Gasteiger partial charge is 0.463 e. The molecular formula is C11H13NO3. The van der Waals surface area contributed by atoms with Crippen molar-refractivity contribution < 1.29 is 14.3 Å². The summed E-state index contributed by atoms with van der Waals surface area (Å²) in [5, 5.41) is 0. The van der Waals surface area contributed by atoms with E-state index in [1.807, 2.05) is 19.1 Å². The highest BCUT2D eigenvalue weighted by Gasteiger charge is 2.23. The van der Waals surface area contributed by atoms with Gasteiger partial charge in [-0.05, 0) is 12.5 Å². The zero-order valence-electron chi connectivity index (χ0n) is 8.69. The van der Waals surface area contributed by atoms with Crippen molar-refractivity contribution in [2.24, 2.45) is 5.73 Å². The van der Waals surface area contributed by atoms with E-state index < -0.39 is 17.8 Å². The summed E-state index contributed by atoms with van der Waals surface area (Å²) in [6, 6.07) is 6.17. The predicted octanol–water partition coefficient (Wildman–Crippen LogP) is 0.737. The van der Waals surface area contributed by atoms with Gasteiger partial charge in [0.2, 0.25) is 0 Å². The number of esters is 1. The summed E-state index contributed by atoms with van der Waals surface area (Å²) in [4.78, 5) is 22.3. The topological polar surface area (TPSA) is 69.4 Å². The smallest absolute Gasteiger partial charge is 0.376 e. The Morgan fingerprint density at radius 1 is 1.27 bits per heavy atom. The lowest BCUT2D eigenvalue weighted by atomic mass is 10.0. The standard InChI is InChI=1S/C11H13NO3/c1-7-3-5-8(6-4-7)9(12)10(13)11(14)15-2/h3-6,9H,12H2,1-2H3. The summed E-state index contributed by atoms with van der Waals surface area (Å²) < 4.78 is 4.31. The maximum atomic E-state index is 11.4. The molecule has 80 valence electrons. The van der Waals surface area contributed by atoms with E-state index in [1.54, 1.807) is 12.1 Å². The van der Waals surface area contributed by atoms with E-state index >= 15 is 0 Å². The van der Waals surface area contributed by atoms with Crippen LogP contribution in [0, 0.1) is 6.92 Å². The van der Waals surface area contributed by atoms with Crippen LogP contribution in [-0.2, 0) is 14.3 Å². The number of hydrogen-bond donors (Lipinski definition) is 1. The lowest BCUT2D eigenvalue weighted by Gasteiger charge is -2.09. The fourth-order valence-electron chi connectivity index (χ4n) is 1.15. The van der Waals surface area contributed by atoms with E-state index in [1.165, 1.54) is 0 Å². The van der Waals surface area contributed by atoms with Crippen molar-refractivity contribution >= 4 is 11.8 Å². The molecule has 0 aliphatic carbocycles. The van der Waals surface area contributed by atoms with E-state index in [-0.39, 0.29) is 0 Å². The zero-order valence-corrected chi connectivity index (χ0v) is 8.69. The van der Waals surface area contributed by atoms with Gasteiger partial charge in [-0.25, -0.2) is 4.79 Å². The molecule has 0 amide bonds. The second kappa shape index (κ2) is 4.70. The minimum atomic E-state index is -0.946. The van der Waals surface area contributed by atoms with Crippen molar-refractivity contribution in [1.82, 2.24) is 0 Å². The molecule has 1 rings (SSSR count). The van der Waals surface area contributed by atoms with Crippen molar-refractivity contribution in [1.29, 1.82) is 0 Å². The van der Waals surface area contributed by atoms with Crippen molar-refractivity contribution in [3.05, 3.63) is 35.4 Å². The number of carbonyl (C=O) groups is 2. The van der Waals surface area contributed by atoms with Crippen LogP contribution in [0.25, 0.3) is 0 Å². The average Bonchev–Trinajstić information content (AvgIpc) is 2.27. The number of aryl methyl sites for hydroxylation is 1. The molecule has 0 aliphatic heterocycles. The molecule has 1 atom stereocenters. The number of ketones is 1. The van der Waals surface area contributed by atoms with Crippen molar-refractivity contribution in [3.8, 4) is 0 Å². The van der Waals surface area contributed by atoms with Gasteiger partial charge in [0, 0.05) is 0 Å². The number of rotatable bonds is 3. The molecule has 4 nitrogen and oxygen atoms in total. The van der Waals surface area contributed by atoms with Crippen molar-refractivity contribution in [2.45, 2.75) is 13.0 Å². The Morgan fingerprint density at radius 3 is 2.27 bits per heavy atom. The number of benzene rings is 1. The molecule has 1 aromatic rings. The van der Waals surface area contributed by atoms with Crippen LogP contribution in [0.4, 0.5) is 0 Å². The Kier molecular flexibility index (Phi) is 3.57. The summed E-state index contributed by atoms with van der Waals surface area (Å²) in [5.74, 6) is -1.65. The number of methoxy groups -OCH3 is 1. The average molecular weight is 207 g/mol. The summed E-state index contributed by atoms with van der Waals surface area (Å²) >= 11 is 0. The summed E-state index contributed by atoms with van der Waals surface area (Å²) in [6.07, 6.45) is 0. The maximum Gasteiger partial charge on any atom is 0.376 e. The number of nitrogens with two attached hydrogens (primary N) is 1. The van der Waals surface area contributed by atoms with Gasteiger partial charge in [-0.15, -0.1) is 0 Å². The molecule has 0 spiro atoms. The van der Waals surface area contributed by atoms with E-state index in [0.29, 0.717) is 5.56 Å². The summed E-state index contributed by atoms with van der Waals surface area (Å²) in [5.41, 5.74) is 7.29. The number of Topliss-reactive ketones (excluding diaryl/α,β-unsaturated/α-hetero) is 1. The van der Waals surface area contributed by atoms with Crippen LogP contribution in [0.2, 0.25) is 0 Å². The molecule has 15 heavy (non-hydrogen) atoms. The summed E-state index contributed by atoms with van der Waals surface area (Å²) in [6.45, 7) is 1.93. The van der Waals surface area contributed by atoms with Crippen LogP contribution in [0.3, 0.4) is 0 Å². The maximum absolute atomic E-state index is 11.4. The molecule has 0 saturated carbocycles. The monoisotopic (exact) mass is 207 g/mol. The first-order valence-electron chi connectivity index (χ1n) is 4.50. The van der Waals surface area contributed by atoms with Gasteiger partial charge < -0.3 is 10.5 Å². The molecule has 0 saturated heterocycles.